The van der Waals surface area contributed by atoms with Crippen molar-refractivity contribution in [2.75, 3.05) is 7.05 Å². The van der Waals surface area contributed by atoms with Crippen LogP contribution >= 0.6 is 11.6 Å². The molecule has 0 amide bonds. The smallest absolute Gasteiger partial charge is 0.126 e. The summed E-state index contributed by atoms with van der Waals surface area (Å²) in [6.07, 6.45) is 0.616. The monoisotopic (exact) mass is 291 g/mol. The molecule has 106 valence electrons. The minimum absolute atomic E-state index is 0.0721. The molecule has 0 bridgehead atoms. The number of aryl methyl sites for hydroxylation is 2. The Labute approximate surface area is 124 Å². The van der Waals surface area contributed by atoms with Gasteiger partial charge in [-0.3, -0.25) is 0 Å². The van der Waals surface area contributed by atoms with E-state index in [-0.39, 0.29) is 11.9 Å². The Hall–Kier alpha value is -1.38. The summed E-state index contributed by atoms with van der Waals surface area (Å²) in [4.78, 5) is 0. The third-order valence-corrected chi connectivity index (χ3v) is 4.06. The van der Waals surface area contributed by atoms with Crippen LogP contribution in [0.15, 0.2) is 36.4 Å². The number of hydrogen-bond acceptors (Lipinski definition) is 1. The molecule has 3 heteroatoms. The van der Waals surface area contributed by atoms with Crippen LogP contribution in [0.5, 0.6) is 0 Å². The van der Waals surface area contributed by atoms with Crippen molar-refractivity contribution in [2.24, 2.45) is 0 Å². The van der Waals surface area contributed by atoms with Gasteiger partial charge in [-0.05, 0) is 61.7 Å². The van der Waals surface area contributed by atoms with Crippen molar-refractivity contribution < 1.29 is 4.39 Å². The van der Waals surface area contributed by atoms with Gasteiger partial charge in [0.2, 0.25) is 0 Å². The van der Waals surface area contributed by atoms with E-state index in [4.69, 9.17) is 11.6 Å². The lowest BCUT2D eigenvalue weighted by atomic mass is 9.94. The van der Waals surface area contributed by atoms with Crippen LogP contribution in [0.1, 0.15) is 28.3 Å². The van der Waals surface area contributed by atoms with Gasteiger partial charge in [-0.1, -0.05) is 35.9 Å². The molecule has 0 heterocycles. The topological polar surface area (TPSA) is 12.0 Å². The normalized spacial score (nSPS) is 12.4. The Morgan fingerprint density at radius 1 is 1.15 bits per heavy atom. The number of hydrogen-bond donors (Lipinski definition) is 1. The number of rotatable bonds is 4. The maximum atomic E-state index is 13.8. The van der Waals surface area contributed by atoms with Crippen molar-refractivity contribution >= 4 is 11.6 Å². The number of benzene rings is 2. The maximum Gasteiger partial charge on any atom is 0.126 e. The first-order chi connectivity index (χ1) is 9.52. The molecule has 0 spiro atoms. The Kier molecular flexibility index (Phi) is 4.79. The van der Waals surface area contributed by atoms with Crippen LogP contribution in [0.2, 0.25) is 5.02 Å². The van der Waals surface area contributed by atoms with E-state index >= 15 is 0 Å². The van der Waals surface area contributed by atoms with Crippen molar-refractivity contribution in [2.45, 2.75) is 26.3 Å². The molecule has 0 radical (unpaired) electrons. The molecule has 0 saturated heterocycles. The lowest BCUT2D eigenvalue weighted by molar-refractivity contribution is 0.552. The molecule has 2 rings (SSSR count). The van der Waals surface area contributed by atoms with Gasteiger partial charge in [-0.2, -0.15) is 0 Å². The summed E-state index contributed by atoms with van der Waals surface area (Å²) >= 11 is 6.14. The Balaban J connectivity index is 2.34. The molecular formula is C17H19ClFN. The minimum Gasteiger partial charge on any atom is -0.313 e. The zero-order valence-corrected chi connectivity index (χ0v) is 12.8. The first-order valence-electron chi connectivity index (χ1n) is 6.70. The summed E-state index contributed by atoms with van der Waals surface area (Å²) in [7, 11) is 1.90. The summed E-state index contributed by atoms with van der Waals surface area (Å²) < 4.78 is 13.8. The van der Waals surface area contributed by atoms with Crippen molar-refractivity contribution in [3.05, 3.63) is 69.5 Å². The fraction of sp³-hybridized carbons (Fsp3) is 0.294. The minimum atomic E-state index is -0.156. The van der Waals surface area contributed by atoms with E-state index in [0.717, 1.165) is 27.3 Å². The molecule has 0 aliphatic heterocycles. The average Bonchev–Trinajstić information content (AvgIpc) is 2.42. The zero-order chi connectivity index (χ0) is 14.7. The van der Waals surface area contributed by atoms with Crippen molar-refractivity contribution in [3.8, 4) is 0 Å². The van der Waals surface area contributed by atoms with Gasteiger partial charge in [0.25, 0.3) is 0 Å². The first-order valence-corrected chi connectivity index (χ1v) is 7.08. The molecule has 0 saturated carbocycles. The summed E-state index contributed by atoms with van der Waals surface area (Å²) in [5.74, 6) is -0.156. The number of likely N-dealkylation sites (N-methyl/N-ethyl adjacent to an activating group) is 1. The van der Waals surface area contributed by atoms with Crippen LogP contribution in [0.4, 0.5) is 4.39 Å². The van der Waals surface area contributed by atoms with Gasteiger partial charge in [0.05, 0.1) is 0 Å². The van der Waals surface area contributed by atoms with Gasteiger partial charge in [0.1, 0.15) is 5.82 Å². The fourth-order valence-electron chi connectivity index (χ4n) is 2.43. The predicted octanol–water partition coefficient (Wildman–Crippen LogP) is 4.60. The summed E-state index contributed by atoms with van der Waals surface area (Å²) in [6.45, 7) is 4.02. The molecule has 1 atom stereocenters. The van der Waals surface area contributed by atoms with Crippen LogP contribution in [0.25, 0.3) is 0 Å². The van der Waals surface area contributed by atoms with Gasteiger partial charge in [0, 0.05) is 11.1 Å². The van der Waals surface area contributed by atoms with Gasteiger partial charge in [-0.25, -0.2) is 4.39 Å². The number of nitrogens with one attached hydrogen (secondary N) is 1. The van der Waals surface area contributed by atoms with Crippen molar-refractivity contribution in [3.63, 3.8) is 0 Å². The van der Waals surface area contributed by atoms with E-state index in [1.165, 1.54) is 6.07 Å². The number of halogens is 2. The Morgan fingerprint density at radius 2 is 1.85 bits per heavy atom. The summed E-state index contributed by atoms with van der Waals surface area (Å²) in [5, 5.41) is 4.04. The molecule has 0 fully saturated rings. The molecule has 0 aromatic heterocycles. The highest BCUT2D eigenvalue weighted by Crippen LogP contribution is 2.27. The SMILES string of the molecule is CNC(Cc1ccccc1F)c1cc(C)c(Cl)cc1C. The highest BCUT2D eigenvalue weighted by molar-refractivity contribution is 6.31. The van der Waals surface area contributed by atoms with Crippen LogP contribution in [0.3, 0.4) is 0 Å². The zero-order valence-electron chi connectivity index (χ0n) is 12.0. The van der Waals surface area contributed by atoms with Crippen molar-refractivity contribution in [1.29, 1.82) is 0 Å². The third-order valence-electron chi connectivity index (χ3n) is 3.65. The van der Waals surface area contributed by atoms with E-state index < -0.39 is 0 Å². The standard InChI is InChI=1S/C17H19ClFN/c1-11-9-15(18)12(2)8-14(11)17(20-3)10-13-6-4-5-7-16(13)19/h4-9,17,20H,10H2,1-3H3. The predicted molar refractivity (Wildman–Crippen MR) is 82.8 cm³/mol. The lowest BCUT2D eigenvalue weighted by Gasteiger charge is -2.20. The Morgan fingerprint density at radius 3 is 2.50 bits per heavy atom. The molecule has 0 aliphatic carbocycles. The molecule has 20 heavy (non-hydrogen) atoms. The maximum absolute atomic E-state index is 13.8. The molecule has 1 nitrogen and oxygen atoms in total. The Bertz CT molecular complexity index is 610. The average molecular weight is 292 g/mol. The van der Waals surface area contributed by atoms with Crippen molar-refractivity contribution in [1.82, 2.24) is 5.32 Å². The molecule has 1 N–H and O–H groups in total. The first kappa shape index (κ1) is 15.0. The second-order valence-electron chi connectivity index (χ2n) is 5.09. The van der Waals surface area contributed by atoms with Crippen LogP contribution < -0.4 is 5.32 Å². The third kappa shape index (κ3) is 3.20. The van der Waals surface area contributed by atoms with Crippen LogP contribution in [0, 0.1) is 19.7 Å². The van der Waals surface area contributed by atoms with Crippen LogP contribution in [-0.4, -0.2) is 7.05 Å². The molecule has 2 aromatic rings. The largest absolute Gasteiger partial charge is 0.313 e. The van der Waals surface area contributed by atoms with Gasteiger partial charge < -0.3 is 5.32 Å². The van der Waals surface area contributed by atoms with Gasteiger partial charge in [-0.15, -0.1) is 0 Å². The molecule has 0 aliphatic rings. The quantitative estimate of drug-likeness (QED) is 0.868. The van der Waals surface area contributed by atoms with E-state index in [2.05, 4.69) is 11.4 Å². The highest BCUT2D eigenvalue weighted by atomic mass is 35.5. The molecule has 2 aromatic carbocycles. The van der Waals surface area contributed by atoms with E-state index in [9.17, 15) is 4.39 Å². The second kappa shape index (κ2) is 6.38. The molecule has 1 unspecified atom stereocenters. The fourth-order valence-corrected chi connectivity index (χ4v) is 2.65. The summed E-state index contributed by atoms with van der Waals surface area (Å²) in [5.41, 5.74) is 4.05. The lowest BCUT2D eigenvalue weighted by Crippen LogP contribution is -2.20. The van der Waals surface area contributed by atoms with E-state index in [1.54, 1.807) is 6.07 Å². The second-order valence-corrected chi connectivity index (χ2v) is 5.50. The summed E-state index contributed by atoms with van der Waals surface area (Å²) in [6, 6.07) is 11.0. The van der Waals surface area contributed by atoms with Gasteiger partial charge >= 0.3 is 0 Å². The van der Waals surface area contributed by atoms with E-state index in [1.807, 2.05) is 39.1 Å². The van der Waals surface area contributed by atoms with Gasteiger partial charge in [0.15, 0.2) is 0 Å². The molecular weight excluding hydrogens is 273 g/mol. The van der Waals surface area contributed by atoms with Crippen LogP contribution in [-0.2, 0) is 6.42 Å². The highest BCUT2D eigenvalue weighted by Gasteiger charge is 2.15. The van der Waals surface area contributed by atoms with E-state index in [0.29, 0.717) is 6.42 Å².